The van der Waals surface area contributed by atoms with Crippen LogP contribution in [0.3, 0.4) is 0 Å². The molecule has 0 saturated carbocycles. The van der Waals surface area contributed by atoms with Crippen molar-refractivity contribution in [1.29, 1.82) is 0 Å². The van der Waals surface area contributed by atoms with E-state index >= 15 is 0 Å². The second-order valence-electron chi connectivity index (χ2n) is 9.40. The Morgan fingerprint density at radius 2 is 1.00 bits per heavy atom. The third kappa shape index (κ3) is 46.1. The van der Waals surface area contributed by atoms with Crippen molar-refractivity contribution in [3.8, 4) is 0 Å². The van der Waals surface area contributed by atoms with E-state index in [1.165, 1.54) is 0 Å². The number of ether oxygens (including phenoxy) is 4. The molecule has 0 amide bonds. The highest BCUT2D eigenvalue weighted by molar-refractivity contribution is 4.59. The lowest BCUT2D eigenvalue weighted by Crippen LogP contribution is -2.25. The highest BCUT2D eigenvalue weighted by atomic mass is 16.5. The molecule has 168 valence electrons. The van der Waals surface area contributed by atoms with Crippen molar-refractivity contribution in [1.82, 2.24) is 4.90 Å². The van der Waals surface area contributed by atoms with Gasteiger partial charge in [0.15, 0.2) is 0 Å². The lowest BCUT2D eigenvalue weighted by atomic mass is 10.2. The van der Waals surface area contributed by atoms with Crippen LogP contribution in [0.1, 0.15) is 62.3 Å². The van der Waals surface area contributed by atoms with Crippen molar-refractivity contribution in [3.63, 3.8) is 0 Å². The second kappa shape index (κ2) is 16.7. The molecule has 0 aliphatic rings. The first kappa shape index (κ1) is 31.5. The van der Waals surface area contributed by atoms with Gasteiger partial charge < -0.3 is 29.0 Å². The van der Waals surface area contributed by atoms with Gasteiger partial charge in [-0.05, 0) is 76.4 Å². The SMILES string of the molecule is CC(C)(C)OCCO.CN(C)CCOC(C)(C)C.COCCOC(C)(C)C. The first-order chi connectivity index (χ1) is 12.0. The molecule has 0 aromatic heterocycles. The summed E-state index contributed by atoms with van der Waals surface area (Å²) < 4.78 is 20.8. The first-order valence-corrected chi connectivity index (χ1v) is 9.70. The predicted molar refractivity (Wildman–Crippen MR) is 115 cm³/mol. The van der Waals surface area contributed by atoms with Crippen LogP contribution in [0.4, 0.5) is 0 Å². The molecule has 0 aliphatic carbocycles. The van der Waals surface area contributed by atoms with Crippen LogP contribution in [0.25, 0.3) is 0 Å². The number of likely N-dealkylation sites (N-methyl/N-ethyl adjacent to an activating group) is 1. The summed E-state index contributed by atoms with van der Waals surface area (Å²) in [4.78, 5) is 2.12. The van der Waals surface area contributed by atoms with Crippen LogP contribution in [0.5, 0.6) is 0 Å². The fourth-order valence-corrected chi connectivity index (χ4v) is 1.32. The van der Waals surface area contributed by atoms with E-state index in [1.54, 1.807) is 7.11 Å². The summed E-state index contributed by atoms with van der Waals surface area (Å²) >= 11 is 0. The molecule has 0 bridgehead atoms. The Kier molecular flexibility index (Phi) is 19.4. The van der Waals surface area contributed by atoms with Gasteiger partial charge in [0, 0.05) is 13.7 Å². The van der Waals surface area contributed by atoms with E-state index in [4.69, 9.17) is 24.1 Å². The monoisotopic (exact) mass is 395 g/mol. The average Bonchev–Trinajstić information content (AvgIpc) is 2.43. The third-order valence-corrected chi connectivity index (χ3v) is 2.52. The van der Waals surface area contributed by atoms with Gasteiger partial charge >= 0.3 is 0 Å². The van der Waals surface area contributed by atoms with E-state index in [0.717, 1.165) is 13.2 Å². The minimum absolute atomic E-state index is 0.00993. The van der Waals surface area contributed by atoms with Gasteiger partial charge in [0.05, 0.1) is 49.8 Å². The van der Waals surface area contributed by atoms with Gasteiger partial charge in [0.25, 0.3) is 0 Å². The van der Waals surface area contributed by atoms with Crippen LogP contribution < -0.4 is 0 Å². The molecule has 0 spiro atoms. The molecule has 0 aromatic rings. The second-order valence-corrected chi connectivity index (χ2v) is 9.40. The quantitative estimate of drug-likeness (QED) is 0.634. The summed E-state index contributed by atoms with van der Waals surface area (Å²) in [5.74, 6) is 0. The van der Waals surface area contributed by atoms with Gasteiger partial charge in [-0.25, -0.2) is 0 Å². The molecular formula is C21H49NO5. The van der Waals surface area contributed by atoms with Crippen molar-refractivity contribution in [3.05, 3.63) is 0 Å². The van der Waals surface area contributed by atoms with E-state index in [1.807, 2.05) is 55.6 Å². The summed E-state index contributed by atoms with van der Waals surface area (Å²) in [7, 11) is 5.77. The van der Waals surface area contributed by atoms with Gasteiger partial charge in [0.2, 0.25) is 0 Å². The fraction of sp³-hybridized carbons (Fsp3) is 1.00. The minimum atomic E-state index is -0.108. The van der Waals surface area contributed by atoms with Crippen LogP contribution in [-0.4, -0.2) is 87.6 Å². The third-order valence-electron chi connectivity index (χ3n) is 2.52. The fourth-order valence-electron chi connectivity index (χ4n) is 1.32. The van der Waals surface area contributed by atoms with Gasteiger partial charge in [-0.15, -0.1) is 0 Å². The summed E-state index contributed by atoms with van der Waals surface area (Å²) in [6.45, 7) is 21.9. The Morgan fingerprint density at radius 1 is 0.630 bits per heavy atom. The molecule has 0 aliphatic heterocycles. The van der Waals surface area contributed by atoms with Gasteiger partial charge in [-0.1, -0.05) is 0 Å². The van der Waals surface area contributed by atoms with Crippen molar-refractivity contribution in [2.24, 2.45) is 0 Å². The van der Waals surface area contributed by atoms with Crippen LogP contribution >= 0.6 is 0 Å². The Hall–Kier alpha value is -0.240. The molecule has 0 heterocycles. The molecule has 0 atom stereocenters. The minimum Gasteiger partial charge on any atom is -0.394 e. The Balaban J connectivity index is -0.000000322. The molecule has 0 aromatic carbocycles. The number of methoxy groups -OCH3 is 1. The molecule has 0 fully saturated rings. The maximum Gasteiger partial charge on any atom is 0.0707 e. The van der Waals surface area contributed by atoms with E-state index in [0.29, 0.717) is 19.8 Å². The number of hydrogen-bond acceptors (Lipinski definition) is 6. The Bertz CT molecular complexity index is 301. The van der Waals surface area contributed by atoms with Crippen LogP contribution in [-0.2, 0) is 18.9 Å². The molecule has 0 unspecified atom stereocenters. The number of nitrogens with zero attached hydrogens (tertiary/aromatic N) is 1. The van der Waals surface area contributed by atoms with E-state index in [2.05, 4.69) is 25.7 Å². The molecule has 0 radical (unpaired) electrons. The van der Waals surface area contributed by atoms with E-state index in [9.17, 15) is 0 Å². The highest BCUT2D eigenvalue weighted by Gasteiger charge is 2.09. The van der Waals surface area contributed by atoms with Crippen LogP contribution in [0, 0.1) is 0 Å². The smallest absolute Gasteiger partial charge is 0.0707 e. The molecule has 6 nitrogen and oxygen atoms in total. The lowest BCUT2D eigenvalue weighted by Gasteiger charge is -2.20. The summed E-state index contributed by atoms with van der Waals surface area (Å²) in [6, 6.07) is 0. The molecule has 27 heavy (non-hydrogen) atoms. The maximum atomic E-state index is 8.30. The first-order valence-electron chi connectivity index (χ1n) is 9.70. The van der Waals surface area contributed by atoms with Gasteiger partial charge in [-0.2, -0.15) is 0 Å². The number of aliphatic hydroxyl groups is 1. The number of rotatable bonds is 8. The highest BCUT2D eigenvalue weighted by Crippen LogP contribution is 2.06. The topological polar surface area (TPSA) is 60.4 Å². The summed E-state index contributed by atoms with van der Waals surface area (Å²) in [5.41, 5.74) is -0.128. The zero-order valence-corrected chi connectivity index (χ0v) is 20.3. The standard InChI is InChI=1S/C8H19NO.C7H16O2.C6H14O2/c1-8(2,3)10-7-6-9(4)5;1-7(2,3)9-6-5-8-4;1-6(2,3)8-5-4-7/h6-7H2,1-5H3;5-6H2,1-4H3;7H,4-5H2,1-3H3. The number of aliphatic hydroxyl groups excluding tert-OH is 1. The van der Waals surface area contributed by atoms with Crippen molar-refractivity contribution >= 4 is 0 Å². The Labute approximate surface area is 169 Å². The van der Waals surface area contributed by atoms with Crippen LogP contribution in [0.2, 0.25) is 0 Å². The molecule has 0 rings (SSSR count). The van der Waals surface area contributed by atoms with Crippen molar-refractivity contribution < 1.29 is 24.1 Å². The predicted octanol–water partition coefficient (Wildman–Crippen LogP) is 3.60. The Morgan fingerprint density at radius 3 is 1.26 bits per heavy atom. The lowest BCUT2D eigenvalue weighted by molar-refractivity contribution is -0.0271. The molecule has 0 saturated heterocycles. The molecular weight excluding hydrogens is 346 g/mol. The van der Waals surface area contributed by atoms with E-state index in [-0.39, 0.29) is 23.4 Å². The van der Waals surface area contributed by atoms with Gasteiger partial charge in [0.1, 0.15) is 0 Å². The summed E-state index contributed by atoms with van der Waals surface area (Å²) in [6.07, 6.45) is 0. The molecule has 1 N–H and O–H groups in total. The maximum absolute atomic E-state index is 8.30. The largest absolute Gasteiger partial charge is 0.394 e. The van der Waals surface area contributed by atoms with Gasteiger partial charge in [-0.3, -0.25) is 0 Å². The van der Waals surface area contributed by atoms with Crippen molar-refractivity contribution in [2.45, 2.75) is 79.1 Å². The zero-order valence-electron chi connectivity index (χ0n) is 20.3. The van der Waals surface area contributed by atoms with Crippen LogP contribution in [0.15, 0.2) is 0 Å². The summed E-state index contributed by atoms with van der Waals surface area (Å²) in [5, 5.41) is 8.30. The number of hydrogen-bond donors (Lipinski definition) is 1. The average molecular weight is 396 g/mol. The normalized spacial score (nSPS) is 12.2. The van der Waals surface area contributed by atoms with Crippen molar-refractivity contribution in [2.75, 3.05) is 60.8 Å². The molecule has 6 heteroatoms. The van der Waals surface area contributed by atoms with E-state index < -0.39 is 0 Å². The zero-order chi connectivity index (χ0) is 22.1.